The van der Waals surface area contributed by atoms with Crippen molar-refractivity contribution in [1.29, 1.82) is 0 Å². The number of nitrogens with zero attached hydrogens (tertiary/aromatic N) is 2. The number of carbonyl (C=O) groups is 1. The Kier molecular flexibility index (Phi) is 3.18. The minimum atomic E-state index is -4.41. The second-order valence-corrected chi connectivity index (χ2v) is 4.72. The minimum Gasteiger partial charge on any atom is -0.309 e. The normalized spacial score (nSPS) is 17.5. The van der Waals surface area contributed by atoms with Crippen molar-refractivity contribution in [3.8, 4) is 0 Å². The van der Waals surface area contributed by atoms with Crippen molar-refractivity contribution in [3.63, 3.8) is 0 Å². The fourth-order valence-electron chi connectivity index (χ4n) is 1.69. The SMILES string of the molecule is CN1C(=O)C(=NCC(F)(F)F)c2ccc(Br)cc21. The third-order valence-corrected chi connectivity index (χ3v) is 2.99. The number of benzene rings is 1. The molecule has 3 nitrogen and oxygen atoms in total. The number of likely N-dealkylation sites (N-methyl/N-ethyl adjacent to an activating group) is 1. The summed E-state index contributed by atoms with van der Waals surface area (Å²) in [5.41, 5.74) is 0.836. The number of fused-ring (bicyclic) bond motifs is 1. The van der Waals surface area contributed by atoms with Crippen LogP contribution in [0.25, 0.3) is 0 Å². The van der Waals surface area contributed by atoms with Crippen molar-refractivity contribution in [2.24, 2.45) is 4.99 Å². The van der Waals surface area contributed by atoms with Crippen LogP contribution in [0.1, 0.15) is 5.56 Å². The van der Waals surface area contributed by atoms with Gasteiger partial charge in [0.25, 0.3) is 5.91 Å². The lowest BCUT2D eigenvalue weighted by Crippen LogP contribution is -2.26. The van der Waals surface area contributed by atoms with E-state index in [0.29, 0.717) is 11.3 Å². The smallest absolute Gasteiger partial charge is 0.309 e. The second-order valence-electron chi connectivity index (χ2n) is 3.81. The van der Waals surface area contributed by atoms with Crippen LogP contribution in [0.15, 0.2) is 27.7 Å². The highest BCUT2D eigenvalue weighted by Crippen LogP contribution is 2.31. The number of hydrogen-bond donors (Lipinski definition) is 0. The van der Waals surface area contributed by atoms with Gasteiger partial charge in [-0.15, -0.1) is 0 Å². The molecule has 0 saturated carbocycles. The molecule has 1 aromatic carbocycles. The molecule has 0 spiro atoms. The molecule has 0 bridgehead atoms. The van der Waals surface area contributed by atoms with Crippen LogP contribution < -0.4 is 4.90 Å². The van der Waals surface area contributed by atoms with Crippen molar-refractivity contribution < 1.29 is 18.0 Å². The Bertz CT molecular complexity index is 540. The first-order chi connectivity index (χ1) is 8.29. The first-order valence-corrected chi connectivity index (χ1v) is 5.78. The number of alkyl halides is 3. The van der Waals surface area contributed by atoms with Gasteiger partial charge in [-0.3, -0.25) is 9.79 Å². The molecule has 7 heteroatoms. The number of carbonyl (C=O) groups excluding carboxylic acids is 1. The highest BCUT2D eigenvalue weighted by molar-refractivity contribution is 9.10. The van der Waals surface area contributed by atoms with E-state index in [9.17, 15) is 18.0 Å². The van der Waals surface area contributed by atoms with E-state index in [1.54, 1.807) is 18.2 Å². The van der Waals surface area contributed by atoms with E-state index < -0.39 is 18.6 Å². The molecule has 0 radical (unpaired) electrons. The van der Waals surface area contributed by atoms with Crippen LogP contribution in [0.3, 0.4) is 0 Å². The molecule has 0 fully saturated rings. The van der Waals surface area contributed by atoms with Crippen molar-refractivity contribution in [2.75, 3.05) is 18.5 Å². The Morgan fingerprint density at radius 2 is 2.06 bits per heavy atom. The fourth-order valence-corrected chi connectivity index (χ4v) is 2.04. The summed E-state index contributed by atoms with van der Waals surface area (Å²) in [4.78, 5) is 16.5. The largest absolute Gasteiger partial charge is 0.407 e. The summed E-state index contributed by atoms with van der Waals surface area (Å²) in [6.07, 6.45) is -4.41. The van der Waals surface area contributed by atoms with Crippen LogP contribution in [0.4, 0.5) is 18.9 Å². The molecule has 0 N–H and O–H groups in total. The summed E-state index contributed by atoms with van der Waals surface area (Å²) in [6, 6.07) is 4.91. The molecule has 1 aliphatic heterocycles. The molecular weight excluding hydrogens is 313 g/mol. The third-order valence-electron chi connectivity index (χ3n) is 2.50. The van der Waals surface area contributed by atoms with Crippen LogP contribution in [0.5, 0.6) is 0 Å². The van der Waals surface area contributed by atoms with Crippen LogP contribution in [0.2, 0.25) is 0 Å². The van der Waals surface area contributed by atoms with Crippen molar-refractivity contribution in [3.05, 3.63) is 28.2 Å². The summed E-state index contributed by atoms with van der Waals surface area (Å²) in [7, 11) is 1.50. The van der Waals surface area contributed by atoms with E-state index in [2.05, 4.69) is 20.9 Å². The first-order valence-electron chi connectivity index (χ1n) is 4.99. The van der Waals surface area contributed by atoms with Gasteiger partial charge in [-0.1, -0.05) is 15.9 Å². The molecular formula is C11H8BrF3N2O. The van der Waals surface area contributed by atoms with E-state index in [-0.39, 0.29) is 5.71 Å². The number of rotatable bonds is 1. The summed E-state index contributed by atoms with van der Waals surface area (Å²) < 4.78 is 37.1. The van der Waals surface area contributed by atoms with Crippen molar-refractivity contribution >= 4 is 33.2 Å². The van der Waals surface area contributed by atoms with E-state index in [0.717, 1.165) is 4.47 Å². The highest BCUT2D eigenvalue weighted by Gasteiger charge is 2.33. The Morgan fingerprint density at radius 1 is 1.39 bits per heavy atom. The average molecular weight is 321 g/mol. The quantitative estimate of drug-likeness (QED) is 0.783. The van der Waals surface area contributed by atoms with E-state index in [4.69, 9.17) is 0 Å². The molecule has 0 aliphatic carbocycles. The molecule has 1 aliphatic rings. The standard InChI is InChI=1S/C11H8BrF3N2O/c1-17-8-4-6(12)2-3-7(8)9(10(17)18)16-5-11(13,14)15/h2-4H,5H2,1H3. The van der Waals surface area contributed by atoms with Crippen LogP contribution in [-0.2, 0) is 4.79 Å². The lowest BCUT2D eigenvalue weighted by atomic mass is 10.1. The molecule has 1 aromatic rings. The predicted molar refractivity (Wildman–Crippen MR) is 65.0 cm³/mol. The summed E-state index contributed by atoms with van der Waals surface area (Å²) >= 11 is 3.25. The molecule has 0 unspecified atom stereocenters. The molecule has 18 heavy (non-hydrogen) atoms. The van der Waals surface area contributed by atoms with Crippen molar-refractivity contribution in [2.45, 2.75) is 6.18 Å². The van der Waals surface area contributed by atoms with Gasteiger partial charge in [-0.2, -0.15) is 13.2 Å². The summed E-state index contributed by atoms with van der Waals surface area (Å²) in [5, 5.41) is 0. The lowest BCUT2D eigenvalue weighted by molar-refractivity contribution is -0.118. The molecule has 0 saturated heterocycles. The predicted octanol–water partition coefficient (Wildman–Crippen LogP) is 2.78. The van der Waals surface area contributed by atoms with Gasteiger partial charge >= 0.3 is 6.18 Å². The van der Waals surface area contributed by atoms with Gasteiger partial charge in [-0.05, 0) is 18.2 Å². The molecule has 0 atom stereocenters. The van der Waals surface area contributed by atoms with Crippen LogP contribution in [0, 0.1) is 0 Å². The van der Waals surface area contributed by atoms with Gasteiger partial charge in [0, 0.05) is 17.1 Å². The van der Waals surface area contributed by atoms with Gasteiger partial charge in [0.15, 0.2) is 0 Å². The zero-order valence-corrected chi connectivity index (χ0v) is 10.8. The number of hydrogen-bond acceptors (Lipinski definition) is 2. The topological polar surface area (TPSA) is 32.7 Å². The number of aliphatic imine (C=N–C) groups is 1. The number of halogens is 4. The second kappa shape index (κ2) is 4.38. The maximum absolute atomic E-state index is 12.1. The number of anilines is 1. The summed E-state index contributed by atoms with van der Waals surface area (Å²) in [6.45, 7) is -1.35. The Balaban J connectivity index is 2.43. The monoisotopic (exact) mass is 320 g/mol. The Morgan fingerprint density at radius 3 is 2.67 bits per heavy atom. The molecule has 1 heterocycles. The van der Waals surface area contributed by atoms with E-state index >= 15 is 0 Å². The van der Waals surface area contributed by atoms with Crippen molar-refractivity contribution in [1.82, 2.24) is 0 Å². The lowest BCUT2D eigenvalue weighted by Gasteiger charge is -2.08. The third kappa shape index (κ3) is 2.40. The Labute approximate surface area is 109 Å². The van der Waals surface area contributed by atoms with Crippen LogP contribution in [-0.4, -0.2) is 31.4 Å². The zero-order valence-electron chi connectivity index (χ0n) is 9.25. The van der Waals surface area contributed by atoms with E-state index in [1.165, 1.54) is 11.9 Å². The maximum atomic E-state index is 12.1. The van der Waals surface area contributed by atoms with Gasteiger partial charge in [0.2, 0.25) is 0 Å². The molecule has 2 rings (SSSR count). The fraction of sp³-hybridized carbons (Fsp3) is 0.273. The average Bonchev–Trinajstić information content (AvgIpc) is 2.49. The van der Waals surface area contributed by atoms with Gasteiger partial charge < -0.3 is 4.90 Å². The van der Waals surface area contributed by atoms with Gasteiger partial charge in [-0.25, -0.2) is 0 Å². The molecule has 1 amide bonds. The Hall–Kier alpha value is -1.37. The van der Waals surface area contributed by atoms with Crippen LogP contribution >= 0.6 is 15.9 Å². The molecule has 0 aromatic heterocycles. The zero-order chi connectivity index (χ0) is 13.5. The van der Waals surface area contributed by atoms with Gasteiger partial charge in [0.1, 0.15) is 12.3 Å². The van der Waals surface area contributed by atoms with Gasteiger partial charge in [0.05, 0.1) is 5.69 Å². The number of amides is 1. The molecule has 96 valence electrons. The first kappa shape index (κ1) is 13.1. The highest BCUT2D eigenvalue weighted by atomic mass is 79.9. The summed E-state index contributed by atoms with van der Waals surface area (Å²) in [5.74, 6) is -0.521. The van der Waals surface area contributed by atoms with E-state index in [1.807, 2.05) is 0 Å². The minimum absolute atomic E-state index is 0.141. The maximum Gasteiger partial charge on any atom is 0.407 e.